The van der Waals surface area contributed by atoms with Gasteiger partial charge in [-0.15, -0.1) is 0 Å². The van der Waals surface area contributed by atoms with Gasteiger partial charge in [-0.1, -0.05) is 37.4 Å². The van der Waals surface area contributed by atoms with E-state index >= 15 is 8.78 Å². The molecule has 21 heteroatoms. The van der Waals surface area contributed by atoms with Crippen LogP contribution in [0.25, 0.3) is 22.0 Å². The molecule has 2 N–H and O–H groups in total. The first kappa shape index (κ1) is 44.9. The lowest BCUT2D eigenvalue weighted by molar-refractivity contribution is -0.123. The molecular weight excluding hydrogens is 884 g/mol. The van der Waals surface area contributed by atoms with Gasteiger partial charge in [0.15, 0.2) is 15.7 Å². The van der Waals surface area contributed by atoms with Gasteiger partial charge < -0.3 is 5.32 Å². The van der Waals surface area contributed by atoms with Crippen molar-refractivity contribution in [3.63, 3.8) is 0 Å². The summed E-state index contributed by atoms with van der Waals surface area (Å²) in [6, 6.07) is 7.23. The van der Waals surface area contributed by atoms with Crippen molar-refractivity contribution in [3.05, 3.63) is 93.0 Å². The molecule has 1 fully saturated rings. The summed E-state index contributed by atoms with van der Waals surface area (Å²) in [5.41, 5.74) is -1.32. The van der Waals surface area contributed by atoms with Crippen molar-refractivity contribution < 1.29 is 48.0 Å². The zero-order valence-corrected chi connectivity index (χ0v) is 36.4. The van der Waals surface area contributed by atoms with Gasteiger partial charge in [-0.2, -0.15) is 19.0 Å². The topological polar surface area (TPSA) is 158 Å². The van der Waals surface area contributed by atoms with Crippen LogP contribution in [-0.2, 0) is 50.6 Å². The number of rotatable bonds is 12. The number of hydrogen-bond acceptors (Lipinski definition) is 8. The number of fused-ring (bicyclic) bond motifs is 2. The molecule has 3 heterocycles. The van der Waals surface area contributed by atoms with E-state index in [1.807, 2.05) is 0 Å². The zero-order valence-electron chi connectivity index (χ0n) is 34.0. The van der Waals surface area contributed by atoms with Gasteiger partial charge in [0, 0.05) is 35.7 Å². The maximum Gasteiger partial charge on any atom is 0.292 e. The van der Waals surface area contributed by atoms with Gasteiger partial charge in [0.2, 0.25) is 15.9 Å². The Morgan fingerprint density at radius 1 is 1.00 bits per heavy atom. The first-order valence-electron chi connectivity index (χ1n) is 19.2. The smallest absolute Gasteiger partial charge is 0.292 e. The molecule has 2 aliphatic rings. The number of halogens is 7. The van der Waals surface area contributed by atoms with Crippen molar-refractivity contribution in [2.75, 3.05) is 11.0 Å². The fourth-order valence-corrected chi connectivity index (χ4v) is 10.4. The van der Waals surface area contributed by atoms with E-state index in [0.29, 0.717) is 29.2 Å². The maximum absolute atomic E-state index is 15.7. The van der Waals surface area contributed by atoms with Gasteiger partial charge in [0.1, 0.15) is 40.0 Å². The van der Waals surface area contributed by atoms with Crippen LogP contribution in [0.3, 0.4) is 0 Å². The summed E-state index contributed by atoms with van der Waals surface area (Å²) in [4.78, 5) is 18.9. The molecule has 3 aromatic heterocycles. The second kappa shape index (κ2) is 15.9. The van der Waals surface area contributed by atoms with Crippen LogP contribution < -0.4 is 10.0 Å². The number of hydrogen-bond donors (Lipinski definition) is 2. The molecule has 0 radical (unpaired) electrons. The highest BCUT2D eigenvalue weighted by Gasteiger charge is 2.55. The van der Waals surface area contributed by atoms with Crippen molar-refractivity contribution in [2.24, 2.45) is 13.0 Å². The molecular formula is C41H40ClF6N7O5S2. The number of carbonyl (C=O) groups is 1. The average Bonchev–Trinajstić information content (AvgIpc) is 3.85. The molecule has 12 nitrogen and oxygen atoms in total. The number of sulfone groups is 1. The number of nitrogens with one attached hydrogen (secondary N) is 2. The van der Waals surface area contributed by atoms with Gasteiger partial charge >= 0.3 is 0 Å². The van der Waals surface area contributed by atoms with E-state index in [4.69, 9.17) is 16.6 Å². The predicted molar refractivity (Wildman–Crippen MR) is 220 cm³/mol. The molecule has 2 aliphatic carbocycles. The molecule has 2 aromatic carbocycles. The van der Waals surface area contributed by atoms with E-state index < -0.39 is 102 Å². The van der Waals surface area contributed by atoms with E-state index in [-0.39, 0.29) is 49.8 Å². The second-order valence-corrected chi connectivity index (χ2v) is 21.1. The maximum atomic E-state index is 15.7. The fraction of sp³-hybridized carbons (Fsp3) is 0.415. The van der Waals surface area contributed by atoms with Crippen LogP contribution in [0, 0.1) is 29.4 Å². The molecule has 0 aliphatic heterocycles. The van der Waals surface area contributed by atoms with Gasteiger partial charge in [-0.3, -0.25) is 18.9 Å². The summed E-state index contributed by atoms with van der Waals surface area (Å²) in [5.74, 6) is -3.52. The number of aromatic nitrogens is 5. The zero-order chi connectivity index (χ0) is 45.4. The van der Waals surface area contributed by atoms with Crippen molar-refractivity contribution in [1.82, 2.24) is 29.9 Å². The monoisotopic (exact) mass is 923 g/mol. The van der Waals surface area contributed by atoms with Crippen molar-refractivity contribution in [2.45, 2.75) is 87.8 Å². The number of nitrogens with zero attached hydrogens (tertiary/aromatic N) is 5. The van der Waals surface area contributed by atoms with Crippen molar-refractivity contribution >= 4 is 54.1 Å². The van der Waals surface area contributed by atoms with Crippen LogP contribution in [-0.4, -0.2) is 63.5 Å². The van der Waals surface area contributed by atoms with E-state index in [1.165, 1.54) is 57.6 Å². The fourth-order valence-electron chi connectivity index (χ4n) is 7.87. The van der Waals surface area contributed by atoms with Crippen LogP contribution in [0.15, 0.2) is 42.5 Å². The summed E-state index contributed by atoms with van der Waals surface area (Å²) in [6.07, 6.45) is -1.72. The lowest BCUT2D eigenvalue weighted by Crippen LogP contribution is -2.35. The minimum Gasteiger partial charge on any atom is -0.346 e. The molecule has 1 amide bonds. The Balaban J connectivity index is 1.41. The third-order valence-electron chi connectivity index (χ3n) is 11.2. The van der Waals surface area contributed by atoms with Crippen molar-refractivity contribution in [3.8, 4) is 23.0 Å². The quantitative estimate of drug-likeness (QED) is 0.0952. The highest BCUT2D eigenvalue weighted by atomic mass is 35.5. The number of aryl methyl sites for hydroxylation is 1. The van der Waals surface area contributed by atoms with Crippen LogP contribution in [0.1, 0.15) is 92.8 Å². The second-order valence-electron chi connectivity index (χ2n) is 16.2. The number of amides is 1. The predicted octanol–water partition coefficient (Wildman–Crippen LogP) is 7.73. The van der Waals surface area contributed by atoms with E-state index in [0.717, 1.165) is 18.4 Å². The first-order valence-corrected chi connectivity index (χ1v) is 23.0. The minimum atomic E-state index is -3.87. The number of pyridine rings is 1. The highest BCUT2D eigenvalue weighted by Crippen LogP contribution is 2.54. The number of carbonyl (C=O) groups excluding carboxylic acids is 1. The van der Waals surface area contributed by atoms with E-state index in [2.05, 4.69) is 32.1 Å². The molecule has 0 bridgehead atoms. The Hall–Kier alpha value is -5.13. The van der Waals surface area contributed by atoms with E-state index in [9.17, 15) is 39.2 Å². The third-order valence-corrected chi connectivity index (χ3v) is 15.0. The Kier molecular flexibility index (Phi) is 11.5. The molecule has 3 atom stereocenters. The van der Waals surface area contributed by atoms with Gasteiger partial charge in [0.05, 0.1) is 39.2 Å². The standard InChI is InChI=1S/C41H40ClF6N7O5S2/c1-20-21(2)41(47,48)37-32(20)35(38(45)46)51-55(37)19-31(56)50-30(17-22-15-23(43)18-24(44)16-22)34-27(10-7-25(49-34)13-14-40(3,4)62(59,60)26-8-9-26)28-11-12-29(42)33-36(28)54(5)52-39(33)53-61(6,57)58/h7,10-12,15-16,18,20-21,26,30,38H,8-9,17,19H2,1-6H3,(H,50,56)(H,52,53)/t20-,21+,30-/m0/s1. The summed E-state index contributed by atoms with van der Waals surface area (Å²) >= 11 is 6.61. The lowest BCUT2D eigenvalue weighted by Gasteiger charge is -2.23. The molecule has 330 valence electrons. The summed E-state index contributed by atoms with van der Waals surface area (Å²) in [7, 11) is -6.05. The molecule has 0 spiro atoms. The SMILES string of the molecule is C[C@@H]1c2c(C(F)F)nn(CC(=O)N[C@@H](Cc3cc(F)cc(F)c3)c3nc(C#CC(C)(C)S(=O)(=O)C4CC4)ccc3-c3ccc(Cl)c4c(NS(C)(=O)=O)nn(C)c34)c2C(F)(F)[C@@H]1C. The molecule has 1 saturated carbocycles. The van der Waals surface area contributed by atoms with Crippen LogP contribution >= 0.6 is 11.6 Å². The number of sulfonamides is 1. The molecule has 0 unspecified atom stereocenters. The number of anilines is 1. The molecule has 0 saturated heterocycles. The molecule has 5 aromatic rings. The van der Waals surface area contributed by atoms with Crippen LogP contribution in [0.5, 0.6) is 0 Å². The highest BCUT2D eigenvalue weighted by molar-refractivity contribution is 7.93. The van der Waals surface area contributed by atoms with Crippen LogP contribution in [0.4, 0.5) is 32.2 Å². The normalized spacial score (nSPS) is 18.1. The lowest BCUT2D eigenvalue weighted by atomic mass is 9.93. The minimum absolute atomic E-state index is 0.00349. The van der Waals surface area contributed by atoms with Crippen LogP contribution in [0.2, 0.25) is 5.02 Å². The van der Waals surface area contributed by atoms with Gasteiger partial charge in [0.25, 0.3) is 12.3 Å². The Morgan fingerprint density at radius 3 is 2.26 bits per heavy atom. The van der Waals surface area contributed by atoms with E-state index in [1.54, 1.807) is 6.07 Å². The summed E-state index contributed by atoms with van der Waals surface area (Å²) in [6.45, 7) is 4.51. The first-order chi connectivity index (χ1) is 28.8. The molecule has 7 rings (SSSR count). The molecule has 62 heavy (non-hydrogen) atoms. The third kappa shape index (κ3) is 8.38. The van der Waals surface area contributed by atoms with Gasteiger partial charge in [-0.25, -0.2) is 39.4 Å². The summed E-state index contributed by atoms with van der Waals surface area (Å²) in [5, 5.41) is 10.5. The Labute approximate surface area is 358 Å². The summed E-state index contributed by atoms with van der Waals surface area (Å²) < 4.78 is 143. The van der Waals surface area contributed by atoms with Gasteiger partial charge in [-0.05, 0) is 80.8 Å². The number of alkyl halides is 4. The Morgan fingerprint density at radius 2 is 1.65 bits per heavy atom. The largest absolute Gasteiger partial charge is 0.346 e. The number of benzene rings is 2. The van der Waals surface area contributed by atoms with Crippen molar-refractivity contribution in [1.29, 1.82) is 0 Å². The average molecular weight is 924 g/mol. The Bertz CT molecular complexity index is 2920.